The minimum Gasteiger partial charge on any atom is -0.236 e. The van der Waals surface area contributed by atoms with Crippen LogP contribution < -0.4 is 0 Å². The molecular weight excluding hydrogens is 275 g/mol. The zero-order valence-corrected chi connectivity index (χ0v) is 8.67. The van der Waals surface area contributed by atoms with Crippen LogP contribution in [0.1, 0.15) is 5.56 Å². The molecule has 0 N–H and O–H groups in total. The van der Waals surface area contributed by atoms with Gasteiger partial charge in [-0.05, 0) is 22.0 Å². The van der Waals surface area contributed by atoms with E-state index >= 15 is 0 Å². The molecular formula is C8H3BrF3N3. The molecule has 2 rings (SSSR count). The van der Waals surface area contributed by atoms with Gasteiger partial charge in [-0.1, -0.05) is 0 Å². The maximum Gasteiger partial charge on any atom is 0.417 e. The summed E-state index contributed by atoms with van der Waals surface area (Å²) in [7, 11) is 0. The van der Waals surface area contributed by atoms with E-state index in [0.29, 0.717) is 4.73 Å². The maximum atomic E-state index is 12.3. The summed E-state index contributed by atoms with van der Waals surface area (Å²) in [5.41, 5.74) is -0.578. The first-order chi connectivity index (χ1) is 6.97. The second-order valence-corrected chi connectivity index (χ2v) is 3.48. The average Bonchev–Trinajstić information content (AvgIpc) is 2.15. The van der Waals surface area contributed by atoms with Crippen LogP contribution in [0, 0.1) is 0 Å². The van der Waals surface area contributed by atoms with Crippen molar-refractivity contribution in [1.82, 2.24) is 15.0 Å². The lowest BCUT2D eigenvalue weighted by Crippen LogP contribution is -2.05. The smallest absolute Gasteiger partial charge is 0.236 e. The lowest BCUT2D eigenvalue weighted by Gasteiger charge is -2.06. The summed E-state index contributed by atoms with van der Waals surface area (Å²) >= 11 is 3.01. The van der Waals surface area contributed by atoms with Crippen molar-refractivity contribution >= 4 is 27.0 Å². The number of fused-ring (bicyclic) bond motifs is 1. The van der Waals surface area contributed by atoms with Gasteiger partial charge in [0.15, 0.2) is 10.4 Å². The number of rotatable bonds is 0. The van der Waals surface area contributed by atoms with Crippen molar-refractivity contribution in [1.29, 1.82) is 0 Å². The molecule has 0 atom stereocenters. The Balaban J connectivity index is 2.62. The van der Waals surface area contributed by atoms with Gasteiger partial charge in [-0.3, -0.25) is 0 Å². The Labute approximate surface area is 90.5 Å². The number of aromatic nitrogens is 3. The molecule has 0 aromatic carbocycles. The van der Waals surface area contributed by atoms with Crippen molar-refractivity contribution in [2.45, 2.75) is 6.18 Å². The standard InChI is InChI=1S/C8H3BrF3N3/c9-7-14-2-4-1-5(8(10,11)12)3-13-6(4)15-7/h1-3H. The number of alkyl halides is 3. The number of nitrogens with zero attached hydrogens (tertiary/aromatic N) is 3. The van der Waals surface area contributed by atoms with Crippen molar-refractivity contribution in [2.75, 3.05) is 0 Å². The third-order valence-corrected chi connectivity index (χ3v) is 2.11. The van der Waals surface area contributed by atoms with Gasteiger partial charge < -0.3 is 0 Å². The number of hydrogen-bond acceptors (Lipinski definition) is 3. The lowest BCUT2D eigenvalue weighted by molar-refractivity contribution is -0.137. The van der Waals surface area contributed by atoms with E-state index in [1.54, 1.807) is 0 Å². The molecule has 15 heavy (non-hydrogen) atoms. The highest BCUT2D eigenvalue weighted by atomic mass is 79.9. The van der Waals surface area contributed by atoms with Crippen molar-refractivity contribution in [3.63, 3.8) is 0 Å². The second kappa shape index (κ2) is 3.41. The van der Waals surface area contributed by atoms with E-state index < -0.39 is 11.7 Å². The molecule has 0 aliphatic rings. The molecule has 0 amide bonds. The highest BCUT2D eigenvalue weighted by molar-refractivity contribution is 9.10. The van der Waals surface area contributed by atoms with Crippen molar-refractivity contribution in [3.05, 3.63) is 28.8 Å². The van der Waals surface area contributed by atoms with Gasteiger partial charge in [-0.2, -0.15) is 13.2 Å². The van der Waals surface area contributed by atoms with E-state index in [1.807, 2.05) is 0 Å². The van der Waals surface area contributed by atoms with Crippen LogP contribution in [-0.4, -0.2) is 15.0 Å². The zero-order chi connectivity index (χ0) is 11.1. The Morgan fingerprint density at radius 1 is 1.13 bits per heavy atom. The molecule has 0 bridgehead atoms. The van der Waals surface area contributed by atoms with Gasteiger partial charge in [0.1, 0.15) is 0 Å². The highest BCUT2D eigenvalue weighted by Gasteiger charge is 2.31. The number of hydrogen-bond donors (Lipinski definition) is 0. The van der Waals surface area contributed by atoms with Crippen LogP contribution >= 0.6 is 15.9 Å². The van der Waals surface area contributed by atoms with Gasteiger partial charge >= 0.3 is 6.18 Å². The number of halogens is 4. The molecule has 2 aromatic rings. The average molecular weight is 278 g/mol. The van der Waals surface area contributed by atoms with E-state index in [-0.39, 0.29) is 11.0 Å². The molecule has 2 heterocycles. The van der Waals surface area contributed by atoms with Gasteiger partial charge in [0.25, 0.3) is 0 Å². The quantitative estimate of drug-likeness (QED) is 0.695. The molecule has 0 unspecified atom stereocenters. The summed E-state index contributed by atoms with van der Waals surface area (Å²) in [6, 6.07) is 0.967. The first-order valence-corrected chi connectivity index (χ1v) is 4.61. The molecule has 0 fully saturated rings. The normalized spacial score (nSPS) is 12.0. The zero-order valence-electron chi connectivity index (χ0n) is 7.09. The van der Waals surface area contributed by atoms with Gasteiger partial charge in [-0.15, -0.1) is 0 Å². The monoisotopic (exact) mass is 277 g/mol. The minimum absolute atomic E-state index is 0.227. The van der Waals surface area contributed by atoms with Crippen LogP contribution in [0.2, 0.25) is 0 Å². The summed E-state index contributed by atoms with van der Waals surface area (Å²) in [6.45, 7) is 0. The van der Waals surface area contributed by atoms with Crippen LogP contribution in [0.5, 0.6) is 0 Å². The van der Waals surface area contributed by atoms with Crippen LogP contribution in [-0.2, 0) is 6.18 Å². The van der Waals surface area contributed by atoms with Gasteiger partial charge in [0.05, 0.1) is 5.56 Å². The Morgan fingerprint density at radius 3 is 2.53 bits per heavy atom. The lowest BCUT2D eigenvalue weighted by atomic mass is 10.2. The van der Waals surface area contributed by atoms with Crippen molar-refractivity contribution in [2.24, 2.45) is 0 Å². The fourth-order valence-electron chi connectivity index (χ4n) is 1.06. The van der Waals surface area contributed by atoms with E-state index in [9.17, 15) is 13.2 Å². The Kier molecular flexibility index (Phi) is 2.34. The van der Waals surface area contributed by atoms with E-state index in [4.69, 9.17) is 0 Å². The third kappa shape index (κ3) is 2.06. The maximum absolute atomic E-state index is 12.3. The first-order valence-electron chi connectivity index (χ1n) is 3.82. The molecule has 0 aliphatic heterocycles. The van der Waals surface area contributed by atoms with Crippen LogP contribution in [0.15, 0.2) is 23.2 Å². The van der Waals surface area contributed by atoms with E-state index in [2.05, 4.69) is 30.9 Å². The molecule has 2 aromatic heterocycles. The van der Waals surface area contributed by atoms with Crippen LogP contribution in [0.25, 0.3) is 11.0 Å². The van der Waals surface area contributed by atoms with Crippen LogP contribution in [0.3, 0.4) is 0 Å². The van der Waals surface area contributed by atoms with Gasteiger partial charge in [-0.25, -0.2) is 15.0 Å². The SMILES string of the molecule is FC(F)(F)c1cnc2nc(Br)ncc2c1. The molecule has 3 nitrogen and oxygen atoms in total. The molecule has 0 saturated heterocycles. The van der Waals surface area contributed by atoms with Crippen LogP contribution in [0.4, 0.5) is 13.2 Å². The second-order valence-electron chi connectivity index (χ2n) is 2.77. The van der Waals surface area contributed by atoms with Gasteiger partial charge in [0.2, 0.25) is 0 Å². The largest absolute Gasteiger partial charge is 0.417 e. The highest BCUT2D eigenvalue weighted by Crippen LogP contribution is 2.29. The summed E-state index contributed by atoms with van der Waals surface area (Å²) in [6.07, 6.45) is -2.36. The first kappa shape index (κ1) is 10.3. The van der Waals surface area contributed by atoms with E-state index in [0.717, 1.165) is 12.3 Å². The summed E-state index contributed by atoms with van der Waals surface area (Å²) in [5, 5.41) is 0.257. The summed E-state index contributed by atoms with van der Waals surface area (Å²) < 4.78 is 37.2. The molecule has 78 valence electrons. The third-order valence-electron chi connectivity index (χ3n) is 1.73. The fourth-order valence-corrected chi connectivity index (χ4v) is 1.33. The summed E-state index contributed by atoms with van der Waals surface area (Å²) in [5.74, 6) is 0. The molecule has 0 spiro atoms. The Morgan fingerprint density at radius 2 is 1.87 bits per heavy atom. The minimum atomic E-state index is -4.39. The van der Waals surface area contributed by atoms with Crippen molar-refractivity contribution in [3.8, 4) is 0 Å². The van der Waals surface area contributed by atoms with Crippen molar-refractivity contribution < 1.29 is 13.2 Å². The molecule has 7 heteroatoms. The molecule has 0 radical (unpaired) electrons. The number of pyridine rings is 1. The van der Waals surface area contributed by atoms with Gasteiger partial charge in [0, 0.05) is 17.8 Å². The predicted molar refractivity (Wildman–Crippen MR) is 50.0 cm³/mol. The molecule has 0 aliphatic carbocycles. The topological polar surface area (TPSA) is 38.7 Å². The predicted octanol–water partition coefficient (Wildman–Crippen LogP) is 2.81. The Bertz CT molecular complexity index is 512. The fraction of sp³-hybridized carbons (Fsp3) is 0.125. The molecule has 0 saturated carbocycles. The Hall–Kier alpha value is -1.24. The van der Waals surface area contributed by atoms with E-state index in [1.165, 1.54) is 6.20 Å². The summed E-state index contributed by atoms with van der Waals surface area (Å²) in [4.78, 5) is 11.2.